The number of halogens is 1. The third-order valence-corrected chi connectivity index (χ3v) is 4.41. The Morgan fingerprint density at radius 2 is 2.13 bits per heavy atom. The molecule has 0 aliphatic carbocycles. The van der Waals surface area contributed by atoms with Crippen LogP contribution in [0.25, 0.3) is 6.08 Å². The van der Waals surface area contributed by atoms with Crippen LogP contribution in [0, 0.1) is 0 Å². The molecule has 1 N–H and O–H groups in total. The molecule has 1 aliphatic rings. The van der Waals surface area contributed by atoms with Gasteiger partial charge in [-0.15, -0.1) is 0 Å². The Morgan fingerprint density at radius 3 is 2.78 bits per heavy atom. The van der Waals surface area contributed by atoms with Crippen molar-refractivity contribution in [3.63, 3.8) is 0 Å². The minimum Gasteiger partial charge on any atom is -0.373 e. The van der Waals surface area contributed by atoms with E-state index in [-0.39, 0.29) is 18.1 Å². The van der Waals surface area contributed by atoms with Crippen LogP contribution in [0.5, 0.6) is 0 Å². The van der Waals surface area contributed by atoms with Gasteiger partial charge in [-0.05, 0) is 44.5 Å². The number of hydrogen-bond acceptors (Lipinski definition) is 3. The summed E-state index contributed by atoms with van der Waals surface area (Å²) in [6.45, 7) is 8.79. The van der Waals surface area contributed by atoms with Gasteiger partial charge in [-0.2, -0.15) is 0 Å². The predicted octanol–water partition coefficient (Wildman–Crippen LogP) is 3.08. The third-order valence-electron chi connectivity index (χ3n) is 3.92. The number of morpholine rings is 1. The second-order valence-corrected chi connectivity index (χ2v) is 7.11. The summed E-state index contributed by atoms with van der Waals surface area (Å²) >= 11 is 3.42. The summed E-state index contributed by atoms with van der Waals surface area (Å²) in [5, 5.41) is 2.97. The molecule has 1 saturated heterocycles. The number of nitrogens with one attached hydrogen (secondary N) is 1. The van der Waals surface area contributed by atoms with Crippen molar-refractivity contribution in [1.82, 2.24) is 10.2 Å². The van der Waals surface area contributed by atoms with Crippen LogP contribution in [0.4, 0.5) is 0 Å². The summed E-state index contributed by atoms with van der Waals surface area (Å²) in [6, 6.07) is 8.15. The molecule has 1 aromatic carbocycles. The van der Waals surface area contributed by atoms with Gasteiger partial charge in [-0.3, -0.25) is 9.69 Å². The summed E-state index contributed by atoms with van der Waals surface area (Å²) in [5.74, 6) is -0.0637. The summed E-state index contributed by atoms with van der Waals surface area (Å²) < 4.78 is 6.75. The number of ether oxygens (including phenoxy) is 1. The third kappa shape index (κ3) is 6.09. The van der Waals surface area contributed by atoms with Crippen LogP contribution < -0.4 is 5.32 Å². The smallest absolute Gasteiger partial charge is 0.244 e. The van der Waals surface area contributed by atoms with E-state index in [9.17, 15) is 4.79 Å². The Balaban J connectivity index is 1.79. The van der Waals surface area contributed by atoms with Crippen molar-refractivity contribution in [3.05, 3.63) is 40.4 Å². The highest BCUT2D eigenvalue weighted by Gasteiger charge is 2.25. The van der Waals surface area contributed by atoms with E-state index in [1.165, 1.54) is 0 Å². The van der Waals surface area contributed by atoms with Crippen molar-refractivity contribution in [2.75, 3.05) is 19.6 Å². The molecule has 5 heteroatoms. The van der Waals surface area contributed by atoms with E-state index in [2.05, 4.69) is 46.9 Å². The molecular weight excluding hydrogens is 356 g/mol. The molecule has 126 valence electrons. The Bertz CT molecular complexity index is 552. The van der Waals surface area contributed by atoms with Gasteiger partial charge in [0.25, 0.3) is 0 Å². The average molecular weight is 381 g/mol. The van der Waals surface area contributed by atoms with Gasteiger partial charge in [0.05, 0.1) is 12.2 Å². The van der Waals surface area contributed by atoms with E-state index in [0.29, 0.717) is 12.6 Å². The fourth-order valence-electron chi connectivity index (χ4n) is 2.80. The monoisotopic (exact) mass is 380 g/mol. The first-order valence-corrected chi connectivity index (χ1v) is 8.84. The molecular formula is C18H25BrN2O2. The van der Waals surface area contributed by atoms with E-state index < -0.39 is 0 Å². The standard InChI is InChI=1S/C18H25BrN2O2/c1-13(21-11-14(2)23-15(3)12-21)10-20-18(22)8-7-16-5-4-6-17(19)9-16/h4-9,13-15H,10-12H2,1-3H3,(H,20,22)/b8-7+/t13-,14-,15+/m0/s1. The molecule has 1 fully saturated rings. The maximum atomic E-state index is 12.0. The Hall–Kier alpha value is -1.17. The largest absolute Gasteiger partial charge is 0.373 e. The molecule has 0 aromatic heterocycles. The summed E-state index contributed by atoms with van der Waals surface area (Å²) in [5.41, 5.74) is 0.999. The lowest BCUT2D eigenvalue weighted by Crippen LogP contribution is -2.52. The predicted molar refractivity (Wildman–Crippen MR) is 97.2 cm³/mol. The molecule has 0 radical (unpaired) electrons. The van der Waals surface area contributed by atoms with Gasteiger partial charge in [0.15, 0.2) is 0 Å². The highest BCUT2D eigenvalue weighted by atomic mass is 79.9. The first kappa shape index (κ1) is 18.2. The fourth-order valence-corrected chi connectivity index (χ4v) is 3.21. The number of benzene rings is 1. The van der Waals surface area contributed by atoms with Gasteiger partial charge >= 0.3 is 0 Å². The summed E-state index contributed by atoms with van der Waals surface area (Å²) in [4.78, 5) is 14.3. The van der Waals surface area contributed by atoms with Crippen molar-refractivity contribution in [2.24, 2.45) is 0 Å². The fraction of sp³-hybridized carbons (Fsp3) is 0.500. The molecule has 1 amide bonds. The van der Waals surface area contributed by atoms with Gasteiger partial charge < -0.3 is 10.1 Å². The maximum Gasteiger partial charge on any atom is 0.244 e. The lowest BCUT2D eigenvalue weighted by Gasteiger charge is -2.38. The molecule has 0 bridgehead atoms. The molecule has 0 saturated carbocycles. The molecule has 1 heterocycles. The van der Waals surface area contributed by atoms with Crippen LogP contribution in [-0.4, -0.2) is 48.7 Å². The zero-order valence-corrected chi connectivity index (χ0v) is 15.5. The summed E-state index contributed by atoms with van der Waals surface area (Å²) in [7, 11) is 0. The van der Waals surface area contributed by atoms with Crippen LogP contribution in [-0.2, 0) is 9.53 Å². The van der Waals surface area contributed by atoms with E-state index in [4.69, 9.17) is 4.74 Å². The number of carbonyl (C=O) groups excluding carboxylic acids is 1. The number of carbonyl (C=O) groups is 1. The van der Waals surface area contributed by atoms with Gasteiger partial charge in [0.1, 0.15) is 0 Å². The Morgan fingerprint density at radius 1 is 1.43 bits per heavy atom. The zero-order valence-electron chi connectivity index (χ0n) is 14.0. The number of hydrogen-bond donors (Lipinski definition) is 1. The van der Waals surface area contributed by atoms with Crippen LogP contribution >= 0.6 is 15.9 Å². The van der Waals surface area contributed by atoms with Gasteiger partial charge in [-0.25, -0.2) is 0 Å². The van der Waals surface area contributed by atoms with Crippen LogP contribution in [0.15, 0.2) is 34.8 Å². The minimum atomic E-state index is -0.0637. The summed E-state index contributed by atoms with van der Waals surface area (Å²) in [6.07, 6.45) is 3.89. The van der Waals surface area contributed by atoms with Crippen molar-refractivity contribution in [2.45, 2.75) is 39.0 Å². The first-order valence-electron chi connectivity index (χ1n) is 8.05. The van der Waals surface area contributed by atoms with Crippen molar-refractivity contribution >= 4 is 27.9 Å². The molecule has 3 atom stereocenters. The second-order valence-electron chi connectivity index (χ2n) is 6.19. The number of nitrogens with zero attached hydrogens (tertiary/aromatic N) is 1. The van der Waals surface area contributed by atoms with Crippen molar-refractivity contribution in [3.8, 4) is 0 Å². The normalized spacial score (nSPS) is 23.8. The second kappa shape index (κ2) is 8.62. The van der Waals surface area contributed by atoms with Crippen molar-refractivity contribution < 1.29 is 9.53 Å². The SMILES string of the molecule is C[C@@H]1CN([C@@H](C)CNC(=O)/C=C/c2cccc(Br)c2)C[C@H](C)O1. The van der Waals surface area contributed by atoms with Gasteiger partial charge in [0.2, 0.25) is 5.91 Å². The van der Waals surface area contributed by atoms with Crippen LogP contribution in [0.3, 0.4) is 0 Å². The van der Waals surface area contributed by atoms with Gasteiger partial charge in [-0.1, -0.05) is 28.1 Å². The molecule has 2 rings (SSSR count). The lowest BCUT2D eigenvalue weighted by atomic mass is 10.1. The first-order chi connectivity index (χ1) is 10.9. The number of rotatable bonds is 5. The van der Waals surface area contributed by atoms with E-state index >= 15 is 0 Å². The molecule has 4 nitrogen and oxygen atoms in total. The number of amides is 1. The molecule has 23 heavy (non-hydrogen) atoms. The van der Waals surface area contributed by atoms with Crippen LogP contribution in [0.2, 0.25) is 0 Å². The zero-order chi connectivity index (χ0) is 16.8. The van der Waals surface area contributed by atoms with E-state index in [1.54, 1.807) is 6.08 Å². The average Bonchev–Trinajstić information content (AvgIpc) is 2.49. The maximum absolute atomic E-state index is 12.0. The topological polar surface area (TPSA) is 41.6 Å². The highest BCUT2D eigenvalue weighted by molar-refractivity contribution is 9.10. The molecule has 0 spiro atoms. The van der Waals surface area contributed by atoms with Crippen molar-refractivity contribution in [1.29, 1.82) is 0 Å². The minimum absolute atomic E-state index is 0.0637. The molecule has 1 aliphatic heterocycles. The molecule has 1 aromatic rings. The van der Waals surface area contributed by atoms with E-state index in [1.807, 2.05) is 30.3 Å². The Kier molecular flexibility index (Phi) is 6.81. The highest BCUT2D eigenvalue weighted by Crippen LogP contribution is 2.14. The lowest BCUT2D eigenvalue weighted by molar-refractivity contribution is -0.117. The molecule has 0 unspecified atom stereocenters. The quantitative estimate of drug-likeness (QED) is 0.798. The van der Waals surface area contributed by atoms with Gasteiger partial charge in [0, 0.05) is 36.2 Å². The Labute approximate surface area is 147 Å². The van der Waals surface area contributed by atoms with Crippen LogP contribution in [0.1, 0.15) is 26.3 Å². The van der Waals surface area contributed by atoms with E-state index in [0.717, 1.165) is 23.1 Å².